The average molecular weight is 280 g/mol. The van der Waals surface area contributed by atoms with Gasteiger partial charge in [-0.15, -0.1) is 0 Å². The van der Waals surface area contributed by atoms with E-state index in [9.17, 15) is 27.2 Å². The summed E-state index contributed by atoms with van der Waals surface area (Å²) in [6, 6.07) is 0.873. The highest BCUT2D eigenvalue weighted by molar-refractivity contribution is 5.91. The summed E-state index contributed by atoms with van der Waals surface area (Å²) >= 11 is 0. The van der Waals surface area contributed by atoms with Gasteiger partial charge in [-0.05, 0) is 18.2 Å². The molecule has 19 heavy (non-hydrogen) atoms. The Kier molecular flexibility index (Phi) is 4.30. The van der Waals surface area contributed by atoms with E-state index in [4.69, 9.17) is 5.11 Å². The first-order chi connectivity index (χ1) is 8.70. The normalized spacial score (nSPS) is 10.9. The van der Waals surface area contributed by atoms with Gasteiger partial charge in [0.25, 0.3) is 0 Å². The van der Waals surface area contributed by atoms with Crippen molar-refractivity contribution in [2.24, 2.45) is 0 Å². The smallest absolute Gasteiger partial charge is 0.419 e. The van der Waals surface area contributed by atoms with E-state index in [1.165, 1.54) is 0 Å². The summed E-state index contributed by atoms with van der Waals surface area (Å²) in [4.78, 5) is 21.2. The Morgan fingerprint density at radius 3 is 2.42 bits per heavy atom. The summed E-state index contributed by atoms with van der Waals surface area (Å²) in [5.74, 6) is -2.78. The highest BCUT2D eigenvalue weighted by atomic mass is 19.4. The zero-order chi connectivity index (χ0) is 14.6. The predicted molar refractivity (Wildman–Crippen MR) is 56.1 cm³/mol. The van der Waals surface area contributed by atoms with Crippen LogP contribution in [0.5, 0.6) is 0 Å². The molecule has 0 radical (unpaired) electrons. The second-order valence-electron chi connectivity index (χ2n) is 3.39. The quantitative estimate of drug-likeness (QED) is 0.741. The number of rotatable bonds is 3. The van der Waals surface area contributed by atoms with Crippen molar-refractivity contribution in [1.82, 2.24) is 5.32 Å². The molecule has 0 aromatic heterocycles. The second kappa shape index (κ2) is 5.55. The number of carbonyl (C=O) groups excluding carboxylic acids is 1. The average Bonchev–Trinajstić information content (AvgIpc) is 2.27. The van der Waals surface area contributed by atoms with Gasteiger partial charge in [-0.25, -0.2) is 9.18 Å². The van der Waals surface area contributed by atoms with Crippen molar-refractivity contribution >= 4 is 17.7 Å². The number of hydrogen-bond acceptors (Lipinski definition) is 2. The van der Waals surface area contributed by atoms with Gasteiger partial charge in [0.15, 0.2) is 0 Å². The van der Waals surface area contributed by atoms with Crippen molar-refractivity contribution in [3.8, 4) is 0 Å². The lowest BCUT2D eigenvalue weighted by molar-refractivity contribution is -0.140. The lowest BCUT2D eigenvalue weighted by atomic mass is 10.2. The lowest BCUT2D eigenvalue weighted by Crippen LogP contribution is -2.33. The molecule has 0 heterocycles. The number of hydrogen-bond donors (Lipinski definition) is 3. The zero-order valence-corrected chi connectivity index (χ0v) is 9.21. The molecule has 2 amide bonds. The molecule has 5 nitrogen and oxygen atoms in total. The molecule has 0 saturated heterocycles. The fourth-order valence-electron chi connectivity index (χ4n) is 1.15. The zero-order valence-electron chi connectivity index (χ0n) is 9.21. The van der Waals surface area contributed by atoms with Gasteiger partial charge in [0.1, 0.15) is 12.4 Å². The first kappa shape index (κ1) is 14.7. The van der Waals surface area contributed by atoms with E-state index in [1.807, 2.05) is 10.6 Å². The maximum absolute atomic E-state index is 12.9. The molecule has 0 atom stereocenters. The van der Waals surface area contributed by atoms with Gasteiger partial charge < -0.3 is 15.7 Å². The van der Waals surface area contributed by atoms with Crippen molar-refractivity contribution in [3.63, 3.8) is 0 Å². The van der Waals surface area contributed by atoms with E-state index in [-0.39, 0.29) is 5.69 Å². The number of halogens is 4. The van der Waals surface area contributed by atoms with Gasteiger partial charge in [-0.2, -0.15) is 13.2 Å². The SMILES string of the molecule is O=C(O)CNC(=O)Nc1ccc(F)c(C(F)(F)F)c1. The van der Waals surface area contributed by atoms with Crippen molar-refractivity contribution in [2.75, 3.05) is 11.9 Å². The van der Waals surface area contributed by atoms with Gasteiger partial charge in [-0.3, -0.25) is 4.79 Å². The molecule has 1 aromatic carbocycles. The fourth-order valence-corrected chi connectivity index (χ4v) is 1.15. The molecule has 0 spiro atoms. The molecule has 0 aliphatic rings. The Bertz CT molecular complexity index is 502. The summed E-state index contributed by atoms with van der Waals surface area (Å²) < 4.78 is 50.1. The van der Waals surface area contributed by atoms with Crippen LogP contribution < -0.4 is 10.6 Å². The molecule has 0 aliphatic carbocycles. The monoisotopic (exact) mass is 280 g/mol. The molecule has 0 unspecified atom stereocenters. The van der Waals surface area contributed by atoms with E-state index in [0.29, 0.717) is 12.1 Å². The number of benzene rings is 1. The summed E-state index contributed by atoms with van der Waals surface area (Å²) in [6.45, 7) is -0.695. The summed E-state index contributed by atoms with van der Waals surface area (Å²) in [5, 5.41) is 12.1. The van der Waals surface area contributed by atoms with Gasteiger partial charge in [0.05, 0.1) is 5.56 Å². The minimum Gasteiger partial charge on any atom is -0.480 e. The highest BCUT2D eigenvalue weighted by Crippen LogP contribution is 2.32. The first-order valence-corrected chi connectivity index (χ1v) is 4.83. The Morgan fingerprint density at radius 2 is 1.89 bits per heavy atom. The van der Waals surface area contributed by atoms with Crippen LogP contribution in [0.3, 0.4) is 0 Å². The number of urea groups is 1. The van der Waals surface area contributed by atoms with Crippen LogP contribution >= 0.6 is 0 Å². The number of aliphatic carboxylic acids is 1. The number of nitrogens with one attached hydrogen (secondary N) is 2. The number of carbonyl (C=O) groups is 2. The van der Waals surface area contributed by atoms with Gasteiger partial charge in [-0.1, -0.05) is 0 Å². The van der Waals surface area contributed by atoms with Crippen LogP contribution in [0.25, 0.3) is 0 Å². The number of carboxylic acids is 1. The van der Waals surface area contributed by atoms with Gasteiger partial charge in [0, 0.05) is 5.69 Å². The van der Waals surface area contributed by atoms with E-state index < -0.39 is 36.1 Å². The van der Waals surface area contributed by atoms with E-state index in [0.717, 1.165) is 6.07 Å². The Labute approximate surface area is 104 Å². The lowest BCUT2D eigenvalue weighted by Gasteiger charge is -2.11. The Hall–Kier alpha value is -2.32. The van der Waals surface area contributed by atoms with Crippen LogP contribution in [0.15, 0.2) is 18.2 Å². The van der Waals surface area contributed by atoms with E-state index >= 15 is 0 Å². The van der Waals surface area contributed by atoms with Crippen LogP contribution in [0.4, 0.5) is 28.0 Å². The topological polar surface area (TPSA) is 78.4 Å². The summed E-state index contributed by atoms with van der Waals surface area (Å²) in [7, 11) is 0. The standard InChI is InChI=1S/C10H8F4N2O3/c11-7-2-1-5(3-6(7)10(12,13)14)16-9(19)15-4-8(17)18/h1-3H,4H2,(H,17,18)(H2,15,16,19). The maximum Gasteiger partial charge on any atom is 0.419 e. The first-order valence-electron chi connectivity index (χ1n) is 4.83. The third-order valence-electron chi connectivity index (χ3n) is 1.93. The number of alkyl halides is 3. The number of anilines is 1. The third kappa shape index (κ3) is 4.45. The molecule has 1 rings (SSSR count). The third-order valence-corrected chi connectivity index (χ3v) is 1.93. The molecule has 0 fully saturated rings. The number of carboxylic acid groups (broad SMARTS) is 1. The van der Waals surface area contributed by atoms with Crippen LogP contribution in [0.2, 0.25) is 0 Å². The molecular formula is C10H8F4N2O3. The van der Waals surface area contributed by atoms with E-state index in [2.05, 4.69) is 0 Å². The summed E-state index contributed by atoms with van der Waals surface area (Å²) in [5.41, 5.74) is -1.83. The van der Waals surface area contributed by atoms with Crippen molar-refractivity contribution in [2.45, 2.75) is 6.18 Å². The van der Waals surface area contributed by atoms with Gasteiger partial charge in [0.2, 0.25) is 0 Å². The van der Waals surface area contributed by atoms with Crippen molar-refractivity contribution in [3.05, 3.63) is 29.6 Å². The molecule has 1 aromatic rings. The van der Waals surface area contributed by atoms with Crippen molar-refractivity contribution < 1.29 is 32.3 Å². The van der Waals surface area contributed by atoms with Crippen LogP contribution in [0.1, 0.15) is 5.56 Å². The highest BCUT2D eigenvalue weighted by Gasteiger charge is 2.34. The van der Waals surface area contributed by atoms with E-state index in [1.54, 1.807) is 0 Å². The summed E-state index contributed by atoms with van der Waals surface area (Å²) in [6.07, 6.45) is -4.89. The molecule has 3 N–H and O–H groups in total. The van der Waals surface area contributed by atoms with Gasteiger partial charge >= 0.3 is 18.2 Å². The van der Waals surface area contributed by atoms with Crippen molar-refractivity contribution in [1.29, 1.82) is 0 Å². The Balaban J connectivity index is 2.80. The fraction of sp³-hybridized carbons (Fsp3) is 0.200. The second-order valence-corrected chi connectivity index (χ2v) is 3.39. The molecule has 0 aliphatic heterocycles. The molecule has 0 bridgehead atoms. The minimum atomic E-state index is -4.89. The number of amides is 2. The van der Waals surface area contributed by atoms with Crippen LogP contribution in [-0.4, -0.2) is 23.7 Å². The molecule has 0 saturated carbocycles. The largest absolute Gasteiger partial charge is 0.480 e. The molecular weight excluding hydrogens is 272 g/mol. The molecule has 104 valence electrons. The maximum atomic E-state index is 12.9. The Morgan fingerprint density at radius 1 is 1.26 bits per heavy atom. The molecule has 9 heteroatoms. The minimum absolute atomic E-state index is 0.309. The van der Waals surface area contributed by atoms with Crippen LogP contribution in [0, 0.1) is 5.82 Å². The predicted octanol–water partition coefficient (Wildman–Crippen LogP) is 2.05. The van der Waals surface area contributed by atoms with Crippen LogP contribution in [-0.2, 0) is 11.0 Å².